The predicted octanol–water partition coefficient (Wildman–Crippen LogP) is 2.19. The van der Waals surface area contributed by atoms with Crippen molar-refractivity contribution in [1.82, 2.24) is 4.90 Å². The molecule has 0 radical (unpaired) electrons. The van der Waals surface area contributed by atoms with Crippen molar-refractivity contribution >= 4 is 5.97 Å². The van der Waals surface area contributed by atoms with Crippen LogP contribution in [0.25, 0.3) is 0 Å². The SMILES string of the molecule is CCCC/C(=C/C(=O)OCC)N(C)C. The molecule has 0 saturated carbocycles. The first kappa shape index (κ1) is 13.0. The number of nitrogens with zero attached hydrogens (tertiary/aromatic N) is 1. The fraction of sp³-hybridized carbons (Fsp3) is 0.727. The van der Waals surface area contributed by atoms with Crippen molar-refractivity contribution in [3.63, 3.8) is 0 Å². The molecule has 0 rings (SSSR count). The molecule has 0 saturated heterocycles. The third kappa shape index (κ3) is 5.62. The van der Waals surface area contributed by atoms with Gasteiger partial charge in [0.1, 0.15) is 0 Å². The molecule has 0 atom stereocenters. The van der Waals surface area contributed by atoms with Crippen LogP contribution < -0.4 is 0 Å². The van der Waals surface area contributed by atoms with E-state index in [2.05, 4.69) is 6.92 Å². The molecule has 3 heteroatoms. The molecule has 0 amide bonds. The summed E-state index contributed by atoms with van der Waals surface area (Å²) in [7, 11) is 3.89. The molecule has 0 aliphatic rings. The zero-order valence-electron chi connectivity index (χ0n) is 9.67. The maximum Gasteiger partial charge on any atom is 0.332 e. The molecule has 0 aromatic rings. The molecule has 82 valence electrons. The zero-order chi connectivity index (χ0) is 11.0. The van der Waals surface area contributed by atoms with Crippen LogP contribution in [-0.2, 0) is 9.53 Å². The summed E-state index contributed by atoms with van der Waals surface area (Å²) in [5.74, 6) is -0.243. The Morgan fingerprint density at radius 2 is 2.00 bits per heavy atom. The van der Waals surface area contributed by atoms with E-state index in [4.69, 9.17) is 4.74 Å². The van der Waals surface area contributed by atoms with Crippen molar-refractivity contribution in [2.45, 2.75) is 33.1 Å². The van der Waals surface area contributed by atoms with Crippen molar-refractivity contribution in [3.05, 3.63) is 11.8 Å². The van der Waals surface area contributed by atoms with Crippen molar-refractivity contribution in [2.24, 2.45) is 0 Å². The van der Waals surface area contributed by atoms with Gasteiger partial charge in [-0.3, -0.25) is 0 Å². The Morgan fingerprint density at radius 1 is 1.36 bits per heavy atom. The van der Waals surface area contributed by atoms with Crippen molar-refractivity contribution in [1.29, 1.82) is 0 Å². The molecule has 0 N–H and O–H groups in total. The highest BCUT2D eigenvalue weighted by Crippen LogP contribution is 2.09. The molecule has 0 bridgehead atoms. The number of ether oxygens (including phenoxy) is 1. The predicted molar refractivity (Wildman–Crippen MR) is 57.9 cm³/mol. The second kappa shape index (κ2) is 7.42. The van der Waals surface area contributed by atoms with E-state index in [1.165, 1.54) is 0 Å². The summed E-state index contributed by atoms with van der Waals surface area (Å²) >= 11 is 0. The van der Waals surface area contributed by atoms with E-state index in [1.807, 2.05) is 25.9 Å². The lowest BCUT2D eigenvalue weighted by Gasteiger charge is -2.16. The molecule has 0 aliphatic carbocycles. The highest BCUT2D eigenvalue weighted by atomic mass is 16.5. The van der Waals surface area contributed by atoms with E-state index in [0.717, 1.165) is 25.0 Å². The van der Waals surface area contributed by atoms with Gasteiger partial charge in [0.15, 0.2) is 0 Å². The molecule has 3 nitrogen and oxygen atoms in total. The monoisotopic (exact) mass is 199 g/mol. The van der Waals surface area contributed by atoms with Gasteiger partial charge in [0.2, 0.25) is 0 Å². The lowest BCUT2D eigenvalue weighted by molar-refractivity contribution is -0.137. The van der Waals surface area contributed by atoms with E-state index < -0.39 is 0 Å². The average molecular weight is 199 g/mol. The fourth-order valence-electron chi connectivity index (χ4n) is 1.10. The van der Waals surface area contributed by atoms with Crippen LogP contribution in [0.5, 0.6) is 0 Å². The Hall–Kier alpha value is -0.990. The number of rotatable bonds is 6. The Labute approximate surface area is 86.7 Å². The largest absolute Gasteiger partial charge is 0.463 e. The summed E-state index contributed by atoms with van der Waals surface area (Å²) < 4.78 is 4.86. The molecular formula is C11H21NO2. The minimum Gasteiger partial charge on any atom is -0.463 e. The van der Waals surface area contributed by atoms with Crippen LogP contribution in [0.4, 0.5) is 0 Å². The van der Waals surface area contributed by atoms with Crippen molar-refractivity contribution < 1.29 is 9.53 Å². The lowest BCUT2D eigenvalue weighted by atomic mass is 10.2. The summed E-state index contributed by atoms with van der Waals surface area (Å²) in [6.45, 7) is 4.38. The summed E-state index contributed by atoms with van der Waals surface area (Å²) in [6.07, 6.45) is 4.75. The first-order valence-electron chi connectivity index (χ1n) is 5.16. The first-order valence-corrected chi connectivity index (χ1v) is 5.16. The molecule has 0 unspecified atom stereocenters. The number of esters is 1. The smallest absolute Gasteiger partial charge is 0.332 e. The van der Waals surface area contributed by atoms with E-state index in [9.17, 15) is 4.79 Å². The third-order valence-electron chi connectivity index (χ3n) is 1.93. The maximum absolute atomic E-state index is 11.2. The van der Waals surface area contributed by atoms with Crippen LogP contribution in [0.3, 0.4) is 0 Å². The van der Waals surface area contributed by atoms with Crippen LogP contribution in [0, 0.1) is 0 Å². The van der Waals surface area contributed by atoms with Crippen LogP contribution in [0.2, 0.25) is 0 Å². The van der Waals surface area contributed by atoms with Gasteiger partial charge < -0.3 is 9.64 Å². The van der Waals surface area contributed by atoms with E-state index >= 15 is 0 Å². The minimum atomic E-state index is -0.243. The third-order valence-corrected chi connectivity index (χ3v) is 1.93. The van der Waals surface area contributed by atoms with Crippen LogP contribution in [0.15, 0.2) is 11.8 Å². The van der Waals surface area contributed by atoms with Crippen LogP contribution >= 0.6 is 0 Å². The first-order chi connectivity index (χ1) is 6.61. The molecule has 0 aliphatic heterocycles. The van der Waals surface area contributed by atoms with Gasteiger partial charge in [0.25, 0.3) is 0 Å². The standard InChI is InChI=1S/C11H21NO2/c1-5-7-8-10(12(3)4)9-11(13)14-6-2/h9H,5-8H2,1-4H3/b10-9-. The summed E-state index contributed by atoms with van der Waals surface area (Å²) in [5, 5.41) is 0. The van der Waals surface area contributed by atoms with E-state index in [0.29, 0.717) is 6.61 Å². The summed E-state index contributed by atoms with van der Waals surface area (Å²) in [6, 6.07) is 0. The quantitative estimate of drug-likeness (QED) is 0.485. The number of hydrogen-bond donors (Lipinski definition) is 0. The molecule has 0 spiro atoms. The zero-order valence-corrected chi connectivity index (χ0v) is 9.67. The van der Waals surface area contributed by atoms with Gasteiger partial charge in [0, 0.05) is 25.9 Å². The molecule has 14 heavy (non-hydrogen) atoms. The fourth-order valence-corrected chi connectivity index (χ4v) is 1.10. The van der Waals surface area contributed by atoms with Crippen molar-refractivity contribution in [3.8, 4) is 0 Å². The van der Waals surface area contributed by atoms with Gasteiger partial charge >= 0.3 is 5.97 Å². The second-order valence-corrected chi connectivity index (χ2v) is 3.39. The van der Waals surface area contributed by atoms with Crippen LogP contribution in [-0.4, -0.2) is 31.6 Å². The molecule has 0 heterocycles. The van der Waals surface area contributed by atoms with Gasteiger partial charge in [-0.1, -0.05) is 13.3 Å². The van der Waals surface area contributed by atoms with Gasteiger partial charge in [0.05, 0.1) is 6.61 Å². The van der Waals surface area contributed by atoms with Gasteiger partial charge in [-0.2, -0.15) is 0 Å². The van der Waals surface area contributed by atoms with E-state index in [1.54, 1.807) is 6.08 Å². The Bertz CT molecular complexity index is 197. The highest BCUT2D eigenvalue weighted by molar-refractivity contribution is 5.82. The average Bonchev–Trinajstić information content (AvgIpc) is 2.12. The number of carbonyl (C=O) groups is 1. The second-order valence-electron chi connectivity index (χ2n) is 3.39. The summed E-state index contributed by atoms with van der Waals surface area (Å²) in [4.78, 5) is 13.2. The number of hydrogen-bond acceptors (Lipinski definition) is 3. The van der Waals surface area contributed by atoms with Gasteiger partial charge in [-0.25, -0.2) is 4.79 Å². The minimum absolute atomic E-state index is 0.243. The molecule has 0 aromatic carbocycles. The summed E-state index contributed by atoms with van der Waals surface area (Å²) in [5.41, 5.74) is 1.03. The Balaban J connectivity index is 4.24. The van der Waals surface area contributed by atoms with Gasteiger partial charge in [-0.15, -0.1) is 0 Å². The molecule has 0 aromatic heterocycles. The maximum atomic E-state index is 11.2. The number of unbranched alkanes of at least 4 members (excludes halogenated alkanes) is 1. The lowest BCUT2D eigenvalue weighted by Crippen LogP contribution is -2.14. The highest BCUT2D eigenvalue weighted by Gasteiger charge is 2.03. The Morgan fingerprint density at radius 3 is 2.43 bits per heavy atom. The Kier molecular flexibility index (Phi) is 6.89. The van der Waals surface area contributed by atoms with Gasteiger partial charge in [-0.05, 0) is 19.8 Å². The molecule has 0 fully saturated rings. The number of carbonyl (C=O) groups excluding carboxylic acids is 1. The number of allylic oxidation sites excluding steroid dienone is 1. The van der Waals surface area contributed by atoms with E-state index in [-0.39, 0.29) is 5.97 Å². The van der Waals surface area contributed by atoms with Crippen LogP contribution in [0.1, 0.15) is 33.1 Å². The van der Waals surface area contributed by atoms with Crippen molar-refractivity contribution in [2.75, 3.05) is 20.7 Å². The molecular weight excluding hydrogens is 178 g/mol. The normalized spacial score (nSPS) is 11.3. The topological polar surface area (TPSA) is 29.5 Å².